The van der Waals surface area contributed by atoms with Gasteiger partial charge in [0.2, 0.25) is 5.91 Å². The zero-order chi connectivity index (χ0) is 16.8. The van der Waals surface area contributed by atoms with Crippen LogP contribution in [0.4, 0.5) is 0 Å². The van der Waals surface area contributed by atoms with Gasteiger partial charge in [0.15, 0.2) is 0 Å². The van der Waals surface area contributed by atoms with E-state index in [0.29, 0.717) is 13.0 Å². The molecule has 0 aliphatic heterocycles. The second kappa shape index (κ2) is 7.79. The minimum Gasteiger partial charge on any atom is -0.496 e. The lowest BCUT2D eigenvalue weighted by Gasteiger charge is -2.25. The summed E-state index contributed by atoms with van der Waals surface area (Å²) >= 11 is 0. The Bertz CT molecular complexity index is 653. The molecule has 0 spiro atoms. The molecule has 1 unspecified atom stereocenters. The predicted molar refractivity (Wildman–Crippen MR) is 93.3 cm³/mol. The monoisotopic (exact) mass is 312 g/mol. The number of hydrogen-bond acceptors (Lipinski definition) is 3. The molecule has 0 fully saturated rings. The number of amides is 1. The van der Waals surface area contributed by atoms with Crippen molar-refractivity contribution in [2.75, 3.05) is 20.7 Å². The van der Waals surface area contributed by atoms with Gasteiger partial charge in [0, 0.05) is 25.6 Å². The molecule has 2 N–H and O–H groups in total. The number of benzene rings is 2. The predicted octanol–water partition coefficient (Wildman–Crippen LogP) is 3.23. The molecule has 1 amide bonds. The lowest BCUT2D eigenvalue weighted by Crippen LogP contribution is -2.31. The molecule has 2 aromatic carbocycles. The second-order valence-electron chi connectivity index (χ2n) is 5.54. The fourth-order valence-corrected chi connectivity index (χ4v) is 2.56. The van der Waals surface area contributed by atoms with Gasteiger partial charge in [-0.15, -0.1) is 0 Å². The molecule has 23 heavy (non-hydrogen) atoms. The Kier molecular flexibility index (Phi) is 5.77. The van der Waals surface area contributed by atoms with Gasteiger partial charge < -0.3 is 15.4 Å². The van der Waals surface area contributed by atoms with Gasteiger partial charge in [0.1, 0.15) is 5.75 Å². The first-order valence-electron chi connectivity index (χ1n) is 7.77. The SMILES string of the molecule is COc1ccccc1-c1ccc(C(C)N(C)C(=O)CCN)cc1. The Hall–Kier alpha value is -2.33. The van der Waals surface area contributed by atoms with E-state index in [4.69, 9.17) is 10.5 Å². The van der Waals surface area contributed by atoms with Crippen LogP contribution in [0.1, 0.15) is 24.9 Å². The fraction of sp³-hybridized carbons (Fsp3) is 0.316. The molecule has 4 heteroatoms. The highest BCUT2D eigenvalue weighted by molar-refractivity contribution is 5.76. The van der Waals surface area contributed by atoms with Crippen LogP contribution in [0.5, 0.6) is 5.75 Å². The molecule has 0 radical (unpaired) electrons. The van der Waals surface area contributed by atoms with Gasteiger partial charge in [-0.3, -0.25) is 4.79 Å². The maximum absolute atomic E-state index is 12.0. The molecule has 0 aliphatic carbocycles. The third kappa shape index (κ3) is 3.90. The number of para-hydroxylation sites is 1. The third-order valence-electron chi connectivity index (χ3n) is 4.14. The molecule has 0 aliphatic rings. The Morgan fingerprint density at radius 1 is 1.17 bits per heavy atom. The highest BCUT2D eigenvalue weighted by atomic mass is 16.5. The van der Waals surface area contributed by atoms with Crippen LogP contribution >= 0.6 is 0 Å². The van der Waals surface area contributed by atoms with Crippen molar-refractivity contribution in [3.63, 3.8) is 0 Å². The van der Waals surface area contributed by atoms with E-state index in [1.807, 2.05) is 38.2 Å². The fourth-order valence-electron chi connectivity index (χ4n) is 2.56. The van der Waals surface area contributed by atoms with E-state index >= 15 is 0 Å². The quantitative estimate of drug-likeness (QED) is 0.891. The summed E-state index contributed by atoms with van der Waals surface area (Å²) in [5.74, 6) is 0.914. The van der Waals surface area contributed by atoms with Crippen molar-refractivity contribution >= 4 is 5.91 Å². The van der Waals surface area contributed by atoms with Crippen LogP contribution in [0, 0.1) is 0 Å². The van der Waals surface area contributed by atoms with Crippen molar-refractivity contribution in [1.82, 2.24) is 4.90 Å². The summed E-state index contributed by atoms with van der Waals surface area (Å²) in [6.45, 7) is 2.40. The second-order valence-corrected chi connectivity index (χ2v) is 5.54. The van der Waals surface area contributed by atoms with Crippen molar-refractivity contribution in [3.05, 3.63) is 54.1 Å². The molecular formula is C19H24N2O2. The van der Waals surface area contributed by atoms with E-state index in [1.54, 1.807) is 12.0 Å². The number of methoxy groups -OCH3 is 1. The molecule has 0 aromatic heterocycles. The van der Waals surface area contributed by atoms with Gasteiger partial charge >= 0.3 is 0 Å². The molecule has 1 atom stereocenters. The van der Waals surface area contributed by atoms with E-state index in [1.165, 1.54) is 0 Å². The number of nitrogens with two attached hydrogens (primary N) is 1. The zero-order valence-electron chi connectivity index (χ0n) is 14.0. The molecule has 0 saturated heterocycles. The maximum atomic E-state index is 12.0. The topological polar surface area (TPSA) is 55.6 Å². The summed E-state index contributed by atoms with van der Waals surface area (Å²) < 4.78 is 5.41. The molecular weight excluding hydrogens is 288 g/mol. The van der Waals surface area contributed by atoms with Crippen molar-refractivity contribution in [2.24, 2.45) is 5.73 Å². The summed E-state index contributed by atoms with van der Waals surface area (Å²) in [6.07, 6.45) is 0.375. The van der Waals surface area contributed by atoms with Gasteiger partial charge in [-0.25, -0.2) is 0 Å². The van der Waals surface area contributed by atoms with Gasteiger partial charge in [-0.1, -0.05) is 42.5 Å². The standard InChI is InChI=1S/C19H24N2O2/c1-14(21(2)19(22)12-13-20)15-8-10-16(11-9-15)17-6-4-5-7-18(17)23-3/h4-11,14H,12-13,20H2,1-3H3. The molecule has 2 aromatic rings. The van der Waals surface area contributed by atoms with Crippen LogP contribution < -0.4 is 10.5 Å². The van der Waals surface area contributed by atoms with Gasteiger partial charge in [-0.2, -0.15) is 0 Å². The number of carbonyl (C=O) groups excluding carboxylic acids is 1. The van der Waals surface area contributed by atoms with Crippen molar-refractivity contribution in [1.29, 1.82) is 0 Å². The van der Waals surface area contributed by atoms with E-state index in [0.717, 1.165) is 22.4 Å². The molecule has 122 valence electrons. The average Bonchev–Trinajstić information content (AvgIpc) is 2.60. The van der Waals surface area contributed by atoms with Crippen LogP contribution in [0.25, 0.3) is 11.1 Å². The van der Waals surface area contributed by atoms with Crippen molar-refractivity contribution in [3.8, 4) is 16.9 Å². The van der Waals surface area contributed by atoms with E-state index in [9.17, 15) is 4.79 Å². The van der Waals surface area contributed by atoms with Gasteiger partial charge in [-0.05, 0) is 24.1 Å². The summed E-state index contributed by atoms with van der Waals surface area (Å²) in [5, 5.41) is 0. The van der Waals surface area contributed by atoms with E-state index in [2.05, 4.69) is 24.3 Å². The number of nitrogens with zero attached hydrogens (tertiary/aromatic N) is 1. The Morgan fingerprint density at radius 2 is 1.83 bits per heavy atom. The first kappa shape index (κ1) is 17.0. The van der Waals surface area contributed by atoms with Crippen LogP contribution in [-0.2, 0) is 4.79 Å². The van der Waals surface area contributed by atoms with Crippen LogP contribution in [0.15, 0.2) is 48.5 Å². The summed E-state index contributed by atoms with van der Waals surface area (Å²) in [7, 11) is 3.49. The zero-order valence-corrected chi connectivity index (χ0v) is 14.0. The van der Waals surface area contributed by atoms with Gasteiger partial charge in [0.25, 0.3) is 0 Å². The first-order valence-corrected chi connectivity index (χ1v) is 7.77. The highest BCUT2D eigenvalue weighted by Gasteiger charge is 2.16. The first-order chi connectivity index (χ1) is 11.1. The Balaban J connectivity index is 2.20. The van der Waals surface area contributed by atoms with Crippen molar-refractivity contribution < 1.29 is 9.53 Å². The summed E-state index contributed by atoms with van der Waals surface area (Å²) in [4.78, 5) is 13.7. The van der Waals surface area contributed by atoms with Crippen molar-refractivity contribution in [2.45, 2.75) is 19.4 Å². The number of hydrogen-bond donors (Lipinski definition) is 1. The third-order valence-corrected chi connectivity index (χ3v) is 4.14. The lowest BCUT2D eigenvalue weighted by atomic mass is 10.00. The molecule has 2 rings (SSSR count). The maximum Gasteiger partial charge on any atom is 0.224 e. The summed E-state index contributed by atoms with van der Waals surface area (Å²) in [6, 6.07) is 16.2. The van der Waals surface area contributed by atoms with E-state index < -0.39 is 0 Å². The Labute approximate surface area is 137 Å². The normalized spacial score (nSPS) is 11.8. The lowest BCUT2D eigenvalue weighted by molar-refractivity contribution is -0.131. The minimum absolute atomic E-state index is 0.0146. The molecule has 0 heterocycles. The molecule has 0 bridgehead atoms. The van der Waals surface area contributed by atoms with Crippen LogP contribution in [0.3, 0.4) is 0 Å². The van der Waals surface area contributed by atoms with Gasteiger partial charge in [0.05, 0.1) is 13.2 Å². The smallest absolute Gasteiger partial charge is 0.224 e. The number of carbonyl (C=O) groups is 1. The number of ether oxygens (including phenoxy) is 1. The van der Waals surface area contributed by atoms with Crippen LogP contribution in [-0.4, -0.2) is 31.5 Å². The Morgan fingerprint density at radius 3 is 2.43 bits per heavy atom. The average molecular weight is 312 g/mol. The minimum atomic E-state index is 0.0146. The largest absolute Gasteiger partial charge is 0.496 e. The summed E-state index contributed by atoms with van der Waals surface area (Å²) in [5.41, 5.74) is 8.70. The molecule has 0 saturated carbocycles. The number of rotatable bonds is 6. The van der Waals surface area contributed by atoms with Crippen LogP contribution in [0.2, 0.25) is 0 Å². The molecule has 4 nitrogen and oxygen atoms in total. The highest BCUT2D eigenvalue weighted by Crippen LogP contribution is 2.30. The van der Waals surface area contributed by atoms with E-state index in [-0.39, 0.29) is 11.9 Å².